The van der Waals surface area contributed by atoms with Gasteiger partial charge in [0.15, 0.2) is 5.82 Å². The van der Waals surface area contributed by atoms with E-state index in [9.17, 15) is 4.79 Å². The van der Waals surface area contributed by atoms with E-state index in [1.165, 1.54) is 12.5 Å². The summed E-state index contributed by atoms with van der Waals surface area (Å²) in [6, 6.07) is -0.375. The highest BCUT2D eigenvalue weighted by molar-refractivity contribution is 5.85. The summed E-state index contributed by atoms with van der Waals surface area (Å²) >= 11 is 0. The third-order valence-electron chi connectivity index (χ3n) is 2.79. The van der Waals surface area contributed by atoms with Crippen LogP contribution >= 0.6 is 0 Å². The van der Waals surface area contributed by atoms with Gasteiger partial charge in [0.2, 0.25) is 5.91 Å². The van der Waals surface area contributed by atoms with Crippen LogP contribution in [0.15, 0.2) is 12.5 Å². The summed E-state index contributed by atoms with van der Waals surface area (Å²) in [5.41, 5.74) is 6.14. The molecule has 18 heavy (non-hydrogen) atoms. The lowest BCUT2D eigenvalue weighted by atomic mass is 10.2. The highest BCUT2D eigenvalue weighted by Crippen LogP contribution is 2.13. The van der Waals surface area contributed by atoms with Gasteiger partial charge in [0, 0.05) is 13.1 Å². The number of carbonyl (C=O) groups is 1. The molecule has 7 nitrogen and oxygen atoms in total. The molecule has 1 aromatic heterocycles. The molecular formula is C11H17N5O2. The normalized spacial score (nSPS) is 17.3. The molecular weight excluding hydrogens is 234 g/mol. The van der Waals surface area contributed by atoms with Crippen molar-refractivity contribution < 1.29 is 9.53 Å². The fourth-order valence-electron chi connectivity index (χ4n) is 1.79. The minimum Gasteiger partial charge on any atom is -0.394 e. The second-order valence-electron chi connectivity index (χ2n) is 4.13. The van der Waals surface area contributed by atoms with Crippen LogP contribution in [0.25, 0.3) is 0 Å². The van der Waals surface area contributed by atoms with E-state index in [0.717, 1.165) is 0 Å². The van der Waals surface area contributed by atoms with Crippen molar-refractivity contribution in [3.63, 3.8) is 0 Å². The lowest BCUT2D eigenvalue weighted by Gasteiger charge is -2.29. The number of amides is 1. The van der Waals surface area contributed by atoms with Gasteiger partial charge in [-0.05, 0) is 6.92 Å². The molecule has 0 aliphatic carbocycles. The Kier molecular flexibility index (Phi) is 3.93. The average molecular weight is 251 g/mol. The summed E-state index contributed by atoms with van der Waals surface area (Å²) in [6.07, 6.45) is 2.89. The Morgan fingerprint density at radius 3 is 2.94 bits per heavy atom. The number of anilines is 2. The number of nitrogens with one attached hydrogen (secondary N) is 1. The van der Waals surface area contributed by atoms with Crippen molar-refractivity contribution >= 4 is 17.4 Å². The molecule has 1 amide bonds. The van der Waals surface area contributed by atoms with Crippen molar-refractivity contribution in [3.8, 4) is 0 Å². The zero-order valence-corrected chi connectivity index (χ0v) is 10.3. The molecule has 7 heteroatoms. The van der Waals surface area contributed by atoms with Gasteiger partial charge in [0.05, 0.1) is 25.1 Å². The first-order chi connectivity index (χ1) is 8.68. The minimum atomic E-state index is -0.375. The zero-order valence-electron chi connectivity index (χ0n) is 10.3. The minimum absolute atomic E-state index is 0.0244. The van der Waals surface area contributed by atoms with Gasteiger partial charge >= 0.3 is 0 Å². The number of carbonyl (C=O) groups excluding carboxylic acids is 1. The fraction of sp³-hybridized carbons (Fsp3) is 0.545. The Hall–Kier alpha value is -1.89. The maximum absolute atomic E-state index is 12.1. The molecule has 1 fully saturated rings. The maximum atomic E-state index is 12.1. The van der Waals surface area contributed by atoms with Crippen LogP contribution in [0.1, 0.15) is 6.92 Å². The Labute approximate surface area is 105 Å². The molecule has 98 valence electrons. The number of rotatable bonds is 3. The largest absolute Gasteiger partial charge is 0.394 e. The highest BCUT2D eigenvalue weighted by Gasteiger charge is 2.22. The number of aromatic nitrogens is 2. The fourth-order valence-corrected chi connectivity index (χ4v) is 1.79. The molecule has 0 radical (unpaired) electrons. The van der Waals surface area contributed by atoms with Crippen LogP contribution in [0, 0.1) is 0 Å². The first kappa shape index (κ1) is 12.6. The van der Waals surface area contributed by atoms with Crippen LogP contribution in [0.3, 0.4) is 0 Å². The van der Waals surface area contributed by atoms with E-state index < -0.39 is 0 Å². The first-order valence-electron chi connectivity index (χ1n) is 5.87. The molecule has 1 atom stereocenters. The van der Waals surface area contributed by atoms with Gasteiger partial charge < -0.3 is 20.7 Å². The molecule has 1 aliphatic rings. The number of hydrogen-bond acceptors (Lipinski definition) is 6. The van der Waals surface area contributed by atoms with Crippen LogP contribution < -0.4 is 11.1 Å². The number of ether oxygens (including phenoxy) is 1. The van der Waals surface area contributed by atoms with Gasteiger partial charge in [-0.1, -0.05) is 0 Å². The van der Waals surface area contributed by atoms with Crippen molar-refractivity contribution in [3.05, 3.63) is 12.5 Å². The maximum Gasteiger partial charge on any atom is 0.244 e. The summed E-state index contributed by atoms with van der Waals surface area (Å²) in [7, 11) is 0. The second kappa shape index (κ2) is 5.63. The molecule has 2 rings (SSSR count). The number of nitrogen functional groups attached to an aromatic ring is 1. The van der Waals surface area contributed by atoms with Crippen LogP contribution in [-0.4, -0.2) is 53.1 Å². The summed E-state index contributed by atoms with van der Waals surface area (Å²) in [5.74, 6) is 0.510. The molecule has 0 bridgehead atoms. The molecule has 1 aromatic rings. The van der Waals surface area contributed by atoms with E-state index in [1.807, 2.05) is 0 Å². The molecule has 1 aliphatic heterocycles. The molecule has 1 saturated heterocycles. The van der Waals surface area contributed by atoms with E-state index in [0.29, 0.717) is 37.8 Å². The molecule has 0 saturated carbocycles. The number of morpholine rings is 1. The smallest absolute Gasteiger partial charge is 0.244 e. The van der Waals surface area contributed by atoms with Crippen molar-refractivity contribution in [1.82, 2.24) is 14.9 Å². The molecule has 0 aromatic carbocycles. The third kappa shape index (κ3) is 2.86. The number of nitrogens with zero attached hydrogens (tertiary/aromatic N) is 3. The van der Waals surface area contributed by atoms with Gasteiger partial charge in [-0.25, -0.2) is 9.97 Å². The summed E-state index contributed by atoms with van der Waals surface area (Å²) < 4.78 is 5.21. The van der Waals surface area contributed by atoms with E-state index in [2.05, 4.69) is 15.3 Å². The van der Waals surface area contributed by atoms with Crippen LogP contribution in [0.2, 0.25) is 0 Å². The predicted molar refractivity (Wildman–Crippen MR) is 66.9 cm³/mol. The van der Waals surface area contributed by atoms with E-state index in [1.54, 1.807) is 11.8 Å². The Morgan fingerprint density at radius 2 is 2.28 bits per heavy atom. The van der Waals surface area contributed by atoms with Crippen molar-refractivity contribution in [1.29, 1.82) is 0 Å². The average Bonchev–Trinajstić information content (AvgIpc) is 2.41. The summed E-state index contributed by atoms with van der Waals surface area (Å²) in [5, 5.41) is 3.00. The topological polar surface area (TPSA) is 93.4 Å². The van der Waals surface area contributed by atoms with Crippen molar-refractivity contribution in [2.75, 3.05) is 37.4 Å². The molecule has 1 unspecified atom stereocenters. The monoisotopic (exact) mass is 251 g/mol. The Bertz CT molecular complexity index is 420. The van der Waals surface area contributed by atoms with Crippen molar-refractivity contribution in [2.24, 2.45) is 0 Å². The molecule has 0 spiro atoms. The van der Waals surface area contributed by atoms with Gasteiger partial charge in [0.25, 0.3) is 0 Å². The first-order valence-corrected chi connectivity index (χ1v) is 5.87. The quantitative estimate of drug-likeness (QED) is 0.767. The predicted octanol–water partition coefficient (Wildman–Crippen LogP) is -0.282. The van der Waals surface area contributed by atoms with Gasteiger partial charge in [0.1, 0.15) is 12.4 Å². The SMILES string of the molecule is CC(Nc1ncncc1N)C(=O)N1CCOCC1. The second-order valence-corrected chi connectivity index (χ2v) is 4.13. The lowest BCUT2D eigenvalue weighted by molar-refractivity contribution is -0.135. The Balaban J connectivity index is 1.96. The standard InChI is InChI=1S/C11H17N5O2/c1-8(11(17)16-2-4-18-5-3-16)15-10-9(12)6-13-7-14-10/h6-8H,2-5,12H2,1H3,(H,13,14,15). The van der Waals surface area contributed by atoms with E-state index >= 15 is 0 Å². The zero-order chi connectivity index (χ0) is 13.0. The van der Waals surface area contributed by atoms with E-state index in [4.69, 9.17) is 10.5 Å². The van der Waals surface area contributed by atoms with Crippen LogP contribution in [0.5, 0.6) is 0 Å². The Morgan fingerprint density at radius 1 is 1.56 bits per heavy atom. The third-order valence-corrected chi connectivity index (χ3v) is 2.79. The number of nitrogens with two attached hydrogens (primary N) is 1. The van der Waals surface area contributed by atoms with E-state index in [-0.39, 0.29) is 11.9 Å². The lowest BCUT2D eigenvalue weighted by Crippen LogP contribution is -2.47. The van der Waals surface area contributed by atoms with Crippen molar-refractivity contribution in [2.45, 2.75) is 13.0 Å². The van der Waals surface area contributed by atoms with Gasteiger partial charge in [-0.3, -0.25) is 4.79 Å². The molecule has 3 N–H and O–H groups in total. The van der Waals surface area contributed by atoms with Gasteiger partial charge in [-0.15, -0.1) is 0 Å². The van der Waals surface area contributed by atoms with Gasteiger partial charge in [-0.2, -0.15) is 0 Å². The van der Waals surface area contributed by atoms with Crippen LogP contribution in [-0.2, 0) is 9.53 Å². The summed E-state index contributed by atoms with van der Waals surface area (Å²) in [6.45, 7) is 4.23. The summed E-state index contributed by atoms with van der Waals surface area (Å²) in [4.78, 5) is 21.7. The highest BCUT2D eigenvalue weighted by atomic mass is 16.5. The molecule has 2 heterocycles. The van der Waals surface area contributed by atoms with Crippen LogP contribution in [0.4, 0.5) is 11.5 Å². The number of hydrogen-bond donors (Lipinski definition) is 2.